The van der Waals surface area contributed by atoms with Crippen LogP contribution in [0, 0.1) is 13.8 Å². The van der Waals surface area contributed by atoms with Crippen molar-refractivity contribution in [3.05, 3.63) is 65.7 Å². The molecule has 3 aromatic rings. The first kappa shape index (κ1) is 18.4. The predicted octanol–water partition coefficient (Wildman–Crippen LogP) is 2.68. The van der Waals surface area contributed by atoms with Crippen LogP contribution in [0.15, 0.2) is 48.8 Å². The highest BCUT2D eigenvalue weighted by atomic mass is 16.5. The largest absolute Gasteiger partial charge is 0.377 e. The van der Waals surface area contributed by atoms with E-state index < -0.39 is 0 Å². The molecular weight excluding hydrogens is 354 g/mol. The first-order valence-corrected chi connectivity index (χ1v) is 9.61. The topological polar surface area (TPSA) is 65.2 Å². The van der Waals surface area contributed by atoms with Crippen LogP contribution in [-0.2, 0) is 16.1 Å². The van der Waals surface area contributed by atoms with E-state index in [4.69, 9.17) is 9.84 Å². The first-order chi connectivity index (χ1) is 13.6. The summed E-state index contributed by atoms with van der Waals surface area (Å²) in [4.78, 5) is 14.9. The SMILES string of the molecule is Cc1nn(-c2ccccc2)c(C)c1C1COCCN1C(=O)CCn1cccn1. The summed E-state index contributed by atoms with van der Waals surface area (Å²) in [6.07, 6.45) is 4.03. The molecule has 1 fully saturated rings. The van der Waals surface area contributed by atoms with Crippen LogP contribution < -0.4 is 0 Å². The summed E-state index contributed by atoms with van der Waals surface area (Å²) in [5, 5.41) is 8.93. The second-order valence-electron chi connectivity index (χ2n) is 7.03. The van der Waals surface area contributed by atoms with Gasteiger partial charge >= 0.3 is 0 Å². The second kappa shape index (κ2) is 7.98. The maximum absolute atomic E-state index is 13.0. The van der Waals surface area contributed by atoms with Crippen LogP contribution in [0.2, 0.25) is 0 Å². The molecule has 7 heteroatoms. The van der Waals surface area contributed by atoms with Crippen LogP contribution in [-0.4, -0.2) is 50.1 Å². The van der Waals surface area contributed by atoms with Gasteiger partial charge in [0.25, 0.3) is 0 Å². The summed E-state index contributed by atoms with van der Waals surface area (Å²) < 4.78 is 9.48. The molecular formula is C21H25N5O2. The Labute approximate surface area is 164 Å². The summed E-state index contributed by atoms with van der Waals surface area (Å²) in [6, 6.07) is 11.8. The molecule has 1 aliphatic rings. The molecule has 7 nitrogen and oxygen atoms in total. The van der Waals surface area contributed by atoms with Crippen molar-refractivity contribution in [2.24, 2.45) is 0 Å². The van der Waals surface area contributed by atoms with Gasteiger partial charge in [-0.2, -0.15) is 10.2 Å². The molecule has 0 N–H and O–H groups in total. The van der Waals surface area contributed by atoms with Gasteiger partial charge < -0.3 is 9.64 Å². The number of amides is 1. The van der Waals surface area contributed by atoms with Crippen LogP contribution in [0.4, 0.5) is 0 Å². The Morgan fingerprint density at radius 1 is 1.21 bits per heavy atom. The molecule has 1 aliphatic heterocycles. The van der Waals surface area contributed by atoms with E-state index in [2.05, 4.69) is 12.0 Å². The molecule has 0 saturated carbocycles. The Balaban J connectivity index is 1.59. The molecule has 0 aliphatic carbocycles. The Morgan fingerprint density at radius 2 is 2.04 bits per heavy atom. The molecule has 2 aromatic heterocycles. The minimum absolute atomic E-state index is 0.115. The lowest BCUT2D eigenvalue weighted by molar-refractivity contribution is -0.140. The highest BCUT2D eigenvalue weighted by Gasteiger charge is 2.32. The fraction of sp³-hybridized carbons (Fsp3) is 0.381. The summed E-state index contributed by atoms with van der Waals surface area (Å²) in [6.45, 7) is 6.30. The van der Waals surface area contributed by atoms with Gasteiger partial charge in [0.05, 0.1) is 30.6 Å². The van der Waals surface area contributed by atoms with Gasteiger partial charge in [-0.15, -0.1) is 0 Å². The van der Waals surface area contributed by atoms with Gasteiger partial charge in [0.15, 0.2) is 0 Å². The van der Waals surface area contributed by atoms with Gasteiger partial charge in [0, 0.05) is 43.2 Å². The number of para-hydroxylation sites is 1. The molecule has 1 aromatic carbocycles. The van der Waals surface area contributed by atoms with Crippen molar-refractivity contribution in [3.8, 4) is 5.69 Å². The van der Waals surface area contributed by atoms with E-state index >= 15 is 0 Å². The van der Waals surface area contributed by atoms with Gasteiger partial charge in [0.2, 0.25) is 5.91 Å². The molecule has 1 amide bonds. The molecule has 0 radical (unpaired) electrons. The number of rotatable bonds is 5. The van der Waals surface area contributed by atoms with E-state index in [-0.39, 0.29) is 11.9 Å². The third-order valence-electron chi connectivity index (χ3n) is 5.24. The smallest absolute Gasteiger partial charge is 0.225 e. The van der Waals surface area contributed by atoms with Gasteiger partial charge in [-0.25, -0.2) is 4.68 Å². The van der Waals surface area contributed by atoms with Crippen molar-refractivity contribution in [3.63, 3.8) is 0 Å². The zero-order valence-corrected chi connectivity index (χ0v) is 16.3. The van der Waals surface area contributed by atoms with E-state index in [1.807, 2.05) is 59.1 Å². The quantitative estimate of drug-likeness (QED) is 0.684. The number of morpholine rings is 1. The number of aryl methyl sites for hydroxylation is 2. The average Bonchev–Trinajstić information content (AvgIpc) is 3.34. The van der Waals surface area contributed by atoms with E-state index in [0.717, 1.165) is 22.6 Å². The Kier molecular flexibility index (Phi) is 5.25. The van der Waals surface area contributed by atoms with Crippen LogP contribution >= 0.6 is 0 Å². The molecule has 0 spiro atoms. The number of hydrogen-bond donors (Lipinski definition) is 0. The lowest BCUT2D eigenvalue weighted by Gasteiger charge is -2.36. The molecule has 1 saturated heterocycles. The minimum Gasteiger partial charge on any atom is -0.377 e. The third-order valence-corrected chi connectivity index (χ3v) is 5.24. The number of carbonyl (C=O) groups excluding carboxylic acids is 1. The number of carbonyl (C=O) groups is 1. The third kappa shape index (κ3) is 3.57. The van der Waals surface area contributed by atoms with Crippen molar-refractivity contribution in [1.29, 1.82) is 0 Å². The van der Waals surface area contributed by atoms with Gasteiger partial charge in [0.1, 0.15) is 0 Å². The Hall–Kier alpha value is -2.93. The van der Waals surface area contributed by atoms with E-state index in [0.29, 0.717) is 32.7 Å². The van der Waals surface area contributed by atoms with Gasteiger partial charge in [-0.05, 0) is 32.0 Å². The zero-order valence-electron chi connectivity index (χ0n) is 16.3. The number of aromatic nitrogens is 4. The van der Waals surface area contributed by atoms with Crippen molar-refractivity contribution in [2.45, 2.75) is 32.9 Å². The Morgan fingerprint density at radius 3 is 2.79 bits per heavy atom. The standard InChI is InChI=1S/C21H25N5O2/c1-16-21(17(2)26(23-16)18-7-4-3-5-8-18)19-15-28-14-13-25(19)20(27)9-12-24-11-6-10-22-24/h3-8,10-11,19H,9,12-15H2,1-2H3. The van der Waals surface area contributed by atoms with E-state index in [1.165, 1.54) is 0 Å². The van der Waals surface area contributed by atoms with E-state index in [1.54, 1.807) is 10.9 Å². The summed E-state index contributed by atoms with van der Waals surface area (Å²) >= 11 is 0. The number of benzene rings is 1. The lowest BCUT2D eigenvalue weighted by atomic mass is 10.0. The van der Waals surface area contributed by atoms with Gasteiger partial charge in [-0.3, -0.25) is 9.48 Å². The molecule has 0 bridgehead atoms. The Bertz CT molecular complexity index is 933. The number of ether oxygens (including phenoxy) is 1. The van der Waals surface area contributed by atoms with Crippen LogP contribution in [0.3, 0.4) is 0 Å². The maximum atomic E-state index is 13.0. The van der Waals surface area contributed by atoms with Crippen LogP contribution in [0.5, 0.6) is 0 Å². The second-order valence-corrected chi connectivity index (χ2v) is 7.03. The number of hydrogen-bond acceptors (Lipinski definition) is 4. The fourth-order valence-electron chi connectivity index (χ4n) is 3.89. The van der Waals surface area contributed by atoms with E-state index in [9.17, 15) is 4.79 Å². The molecule has 28 heavy (non-hydrogen) atoms. The van der Waals surface area contributed by atoms with Crippen molar-refractivity contribution < 1.29 is 9.53 Å². The van der Waals surface area contributed by atoms with Gasteiger partial charge in [-0.1, -0.05) is 18.2 Å². The van der Waals surface area contributed by atoms with Crippen LogP contribution in [0.25, 0.3) is 5.69 Å². The predicted molar refractivity (Wildman–Crippen MR) is 105 cm³/mol. The summed E-state index contributed by atoms with van der Waals surface area (Å²) in [7, 11) is 0. The molecule has 1 unspecified atom stereocenters. The monoisotopic (exact) mass is 379 g/mol. The maximum Gasteiger partial charge on any atom is 0.225 e. The summed E-state index contributed by atoms with van der Waals surface area (Å²) in [5.41, 5.74) is 4.07. The zero-order chi connectivity index (χ0) is 19.5. The number of nitrogens with zero attached hydrogens (tertiary/aromatic N) is 5. The fourth-order valence-corrected chi connectivity index (χ4v) is 3.89. The van der Waals surface area contributed by atoms with Crippen molar-refractivity contribution in [2.75, 3.05) is 19.8 Å². The normalized spacial score (nSPS) is 17.1. The molecule has 4 rings (SSSR count). The molecule has 1 atom stereocenters. The van der Waals surface area contributed by atoms with Crippen LogP contribution in [0.1, 0.15) is 29.4 Å². The molecule has 146 valence electrons. The highest BCUT2D eigenvalue weighted by molar-refractivity contribution is 5.77. The average molecular weight is 379 g/mol. The molecule has 3 heterocycles. The minimum atomic E-state index is -0.115. The summed E-state index contributed by atoms with van der Waals surface area (Å²) in [5.74, 6) is 0.120. The van der Waals surface area contributed by atoms with Crippen molar-refractivity contribution >= 4 is 5.91 Å². The highest BCUT2D eigenvalue weighted by Crippen LogP contribution is 2.31. The van der Waals surface area contributed by atoms with Crippen molar-refractivity contribution in [1.82, 2.24) is 24.5 Å². The first-order valence-electron chi connectivity index (χ1n) is 9.61. The lowest BCUT2D eigenvalue weighted by Crippen LogP contribution is -2.44.